The average molecular weight is 376 g/mol. The maximum atomic E-state index is 11.8. The molecule has 150 valence electrons. The van der Waals surface area contributed by atoms with Crippen molar-refractivity contribution in [2.24, 2.45) is 34.5 Å². The highest BCUT2D eigenvalue weighted by Crippen LogP contribution is 2.67. The minimum Gasteiger partial charge on any atom is -0.481 e. The fraction of sp³-hybridized carbons (Fsp3) is 0.864. The fourth-order valence-corrected chi connectivity index (χ4v) is 7.89. The second kappa shape index (κ2) is 5.80. The molecular weight excluding hydrogens is 344 g/mol. The zero-order valence-electron chi connectivity index (χ0n) is 16.4. The number of fused-ring (bicyclic) bond motifs is 5. The maximum absolute atomic E-state index is 11.8. The molecule has 0 aromatic rings. The van der Waals surface area contributed by atoms with Crippen molar-refractivity contribution in [2.45, 2.75) is 70.7 Å². The predicted molar refractivity (Wildman–Crippen MR) is 98.9 cm³/mol. The van der Waals surface area contributed by atoms with E-state index in [1.54, 1.807) is 0 Å². The van der Waals surface area contributed by atoms with Gasteiger partial charge in [0.2, 0.25) is 0 Å². The molecule has 4 aliphatic carbocycles. The molecule has 5 rings (SSSR count). The molecule has 1 aliphatic heterocycles. The second-order valence-corrected chi connectivity index (χ2v) is 10.2. The van der Waals surface area contributed by atoms with Crippen LogP contribution >= 0.6 is 0 Å². The molecule has 0 radical (unpaired) electrons. The first-order valence-corrected chi connectivity index (χ1v) is 10.7. The Labute approximate surface area is 161 Å². The van der Waals surface area contributed by atoms with Crippen LogP contribution in [0.15, 0.2) is 11.6 Å². The van der Waals surface area contributed by atoms with Crippen LogP contribution in [-0.2, 0) is 14.3 Å². The van der Waals surface area contributed by atoms with Crippen molar-refractivity contribution in [3.8, 4) is 0 Å². The number of carboxylic acid groups (broad SMARTS) is 1. The standard InChI is InChI=1S/C22H32O5/c1-20-7-8-22(26-9-10-27-22)11-13(20)3-4-14-15-5-6-16(19(24)25)21(15,2)12-17(23)18(14)20/h3,14-18,23H,4-12H2,1-2H3,(H,24,25)/t14?,15?,16?,17-,18?,20+,21+/m1/s1. The van der Waals surface area contributed by atoms with Crippen LogP contribution < -0.4 is 0 Å². The number of hydrogen-bond acceptors (Lipinski definition) is 4. The van der Waals surface area contributed by atoms with E-state index in [4.69, 9.17) is 9.47 Å². The van der Waals surface area contributed by atoms with Crippen LogP contribution in [-0.4, -0.2) is 41.3 Å². The number of aliphatic hydroxyl groups is 1. The number of carboxylic acids is 1. The lowest BCUT2D eigenvalue weighted by Crippen LogP contribution is -2.57. The first-order chi connectivity index (χ1) is 12.8. The smallest absolute Gasteiger partial charge is 0.307 e. The number of ether oxygens (including phenoxy) is 2. The fourth-order valence-electron chi connectivity index (χ4n) is 7.89. The lowest BCUT2D eigenvalue weighted by molar-refractivity contribution is -0.194. The highest BCUT2D eigenvalue weighted by Gasteiger charge is 2.64. The van der Waals surface area contributed by atoms with Gasteiger partial charge in [-0.05, 0) is 60.7 Å². The largest absolute Gasteiger partial charge is 0.481 e. The summed E-state index contributed by atoms with van der Waals surface area (Å²) in [5.74, 6) is -0.423. The molecule has 1 heterocycles. The Morgan fingerprint density at radius 2 is 1.93 bits per heavy atom. The summed E-state index contributed by atoms with van der Waals surface area (Å²) in [6.07, 6.45) is 7.95. The lowest BCUT2D eigenvalue weighted by atomic mass is 9.46. The van der Waals surface area contributed by atoms with E-state index in [0.717, 1.165) is 38.5 Å². The van der Waals surface area contributed by atoms with E-state index in [1.807, 2.05) is 0 Å². The van der Waals surface area contributed by atoms with Gasteiger partial charge in [-0.25, -0.2) is 0 Å². The molecule has 5 nitrogen and oxygen atoms in total. The van der Waals surface area contributed by atoms with Crippen molar-refractivity contribution in [3.05, 3.63) is 11.6 Å². The Kier molecular flexibility index (Phi) is 3.90. The van der Waals surface area contributed by atoms with E-state index >= 15 is 0 Å². The van der Waals surface area contributed by atoms with Crippen molar-refractivity contribution >= 4 is 5.97 Å². The summed E-state index contributed by atoms with van der Waals surface area (Å²) in [7, 11) is 0. The third kappa shape index (κ3) is 2.37. The molecule has 5 heteroatoms. The average Bonchev–Trinajstić information content (AvgIpc) is 3.19. The Hall–Kier alpha value is -0.910. The number of allylic oxidation sites excluding steroid dienone is 1. The van der Waals surface area contributed by atoms with Gasteiger partial charge in [0.15, 0.2) is 5.79 Å². The van der Waals surface area contributed by atoms with Crippen molar-refractivity contribution in [1.29, 1.82) is 0 Å². The van der Waals surface area contributed by atoms with Gasteiger partial charge in [-0.3, -0.25) is 4.79 Å². The molecular formula is C22H32O5. The molecule has 4 unspecified atom stereocenters. The van der Waals surface area contributed by atoms with Crippen molar-refractivity contribution in [2.75, 3.05) is 13.2 Å². The third-order valence-corrected chi connectivity index (χ3v) is 9.15. The van der Waals surface area contributed by atoms with Gasteiger partial charge in [-0.2, -0.15) is 0 Å². The van der Waals surface area contributed by atoms with Gasteiger partial charge in [0.1, 0.15) is 0 Å². The lowest BCUT2D eigenvalue weighted by Gasteiger charge is -2.60. The van der Waals surface area contributed by atoms with Gasteiger partial charge in [0.05, 0.1) is 25.2 Å². The van der Waals surface area contributed by atoms with E-state index in [1.165, 1.54) is 5.57 Å². The molecule has 2 N–H and O–H groups in total. The Morgan fingerprint density at radius 3 is 2.63 bits per heavy atom. The van der Waals surface area contributed by atoms with Crippen LogP contribution in [0.1, 0.15) is 58.8 Å². The summed E-state index contributed by atoms with van der Waals surface area (Å²) in [4.78, 5) is 11.8. The summed E-state index contributed by atoms with van der Waals surface area (Å²) in [6.45, 7) is 5.80. The minimum atomic E-state index is -0.681. The Balaban J connectivity index is 1.49. The van der Waals surface area contributed by atoms with Gasteiger partial charge in [0.25, 0.3) is 0 Å². The number of carbonyl (C=O) groups is 1. The summed E-state index contributed by atoms with van der Waals surface area (Å²) >= 11 is 0. The zero-order valence-corrected chi connectivity index (χ0v) is 16.4. The van der Waals surface area contributed by atoms with E-state index in [9.17, 15) is 15.0 Å². The van der Waals surface area contributed by atoms with E-state index in [2.05, 4.69) is 19.9 Å². The molecule has 0 bridgehead atoms. The van der Waals surface area contributed by atoms with Gasteiger partial charge in [-0.1, -0.05) is 25.5 Å². The normalized spacial score (nSPS) is 50.6. The van der Waals surface area contributed by atoms with Gasteiger partial charge in [0, 0.05) is 12.8 Å². The summed E-state index contributed by atoms with van der Waals surface area (Å²) in [5, 5.41) is 21.0. The minimum absolute atomic E-state index is 0.0223. The second-order valence-electron chi connectivity index (χ2n) is 10.2. The number of hydrogen-bond donors (Lipinski definition) is 2. The molecule has 5 aliphatic rings. The molecule has 4 fully saturated rings. The van der Waals surface area contributed by atoms with Crippen LogP contribution in [0.4, 0.5) is 0 Å². The van der Waals surface area contributed by atoms with Crippen LogP contribution in [0.2, 0.25) is 0 Å². The van der Waals surface area contributed by atoms with E-state index in [-0.39, 0.29) is 22.7 Å². The molecule has 0 aromatic heterocycles. The number of aliphatic carboxylic acids is 1. The topological polar surface area (TPSA) is 76.0 Å². The van der Waals surface area contributed by atoms with Crippen LogP contribution in [0.5, 0.6) is 0 Å². The van der Waals surface area contributed by atoms with Crippen molar-refractivity contribution in [3.63, 3.8) is 0 Å². The van der Waals surface area contributed by atoms with Gasteiger partial charge < -0.3 is 19.7 Å². The molecule has 1 spiro atoms. The summed E-state index contributed by atoms with van der Waals surface area (Å²) in [6, 6.07) is 0. The quantitative estimate of drug-likeness (QED) is 0.686. The molecule has 1 saturated heterocycles. The van der Waals surface area contributed by atoms with Crippen LogP contribution in [0.25, 0.3) is 0 Å². The molecule has 0 amide bonds. The highest BCUT2D eigenvalue weighted by molar-refractivity contribution is 5.71. The monoisotopic (exact) mass is 376 g/mol. The summed E-state index contributed by atoms with van der Waals surface area (Å²) in [5.41, 5.74) is 1.10. The van der Waals surface area contributed by atoms with E-state index < -0.39 is 17.9 Å². The Morgan fingerprint density at radius 1 is 1.19 bits per heavy atom. The number of rotatable bonds is 1. The Bertz CT molecular complexity index is 680. The zero-order chi connectivity index (χ0) is 19.0. The summed E-state index contributed by atoms with van der Waals surface area (Å²) < 4.78 is 11.9. The molecule has 27 heavy (non-hydrogen) atoms. The first kappa shape index (κ1) is 18.1. The van der Waals surface area contributed by atoms with Crippen LogP contribution in [0, 0.1) is 34.5 Å². The molecule has 3 saturated carbocycles. The molecule has 0 aromatic carbocycles. The van der Waals surface area contributed by atoms with Crippen molar-refractivity contribution < 1.29 is 24.5 Å². The maximum Gasteiger partial charge on any atom is 0.307 e. The van der Waals surface area contributed by atoms with Crippen molar-refractivity contribution in [1.82, 2.24) is 0 Å². The van der Waals surface area contributed by atoms with E-state index in [0.29, 0.717) is 31.5 Å². The highest BCUT2D eigenvalue weighted by atomic mass is 16.7. The van der Waals surface area contributed by atoms with Gasteiger partial charge in [-0.15, -0.1) is 0 Å². The number of aliphatic hydroxyl groups excluding tert-OH is 1. The third-order valence-electron chi connectivity index (χ3n) is 9.15. The SMILES string of the molecule is C[C@]12C[C@@H](O)C3C(CC=C4CC5(CC[C@@]43C)OCCO5)C1CCC2C(=O)O. The predicted octanol–water partition coefficient (Wildman–Crippen LogP) is 3.36. The molecule has 7 atom stereocenters. The first-order valence-electron chi connectivity index (χ1n) is 10.7. The van der Waals surface area contributed by atoms with Crippen LogP contribution in [0.3, 0.4) is 0 Å². The van der Waals surface area contributed by atoms with Gasteiger partial charge >= 0.3 is 5.97 Å².